The highest BCUT2D eigenvalue weighted by molar-refractivity contribution is 5.94. The molecule has 3 rings (SSSR count). The van der Waals surface area contributed by atoms with Crippen LogP contribution in [0.3, 0.4) is 0 Å². The number of benzene rings is 1. The van der Waals surface area contributed by atoms with E-state index in [0.29, 0.717) is 16.7 Å². The third-order valence-electron chi connectivity index (χ3n) is 3.30. The number of aryl methyl sites for hydroxylation is 1. The lowest BCUT2D eigenvalue weighted by Crippen LogP contribution is -2.30. The van der Waals surface area contributed by atoms with Gasteiger partial charge in [0.15, 0.2) is 5.65 Å². The van der Waals surface area contributed by atoms with Crippen molar-refractivity contribution in [2.45, 2.75) is 6.92 Å². The predicted molar refractivity (Wildman–Crippen MR) is 86.1 cm³/mol. The molecule has 3 N–H and O–H groups in total. The number of nitrogens with one attached hydrogen (secondary N) is 1. The number of rotatable bonds is 1. The second-order valence-corrected chi connectivity index (χ2v) is 4.88. The molecule has 6 heteroatoms. The standard InChI is InChI=1S/C17H13N5O/c1-11-2-4-14(17(23)22-18)9-13(11)5-3-12-8-15-16(21-10-12)20-7-6-19-15/h2,4,6-10H,18H2,1H3,(H,22,23). The quantitative estimate of drug-likeness (QED) is 0.306. The van der Waals surface area contributed by atoms with Crippen molar-refractivity contribution < 1.29 is 4.79 Å². The minimum Gasteiger partial charge on any atom is -0.290 e. The number of hydrogen-bond donors (Lipinski definition) is 2. The van der Waals surface area contributed by atoms with E-state index in [4.69, 9.17) is 5.84 Å². The third-order valence-corrected chi connectivity index (χ3v) is 3.30. The second-order valence-electron chi connectivity index (χ2n) is 4.88. The monoisotopic (exact) mass is 303 g/mol. The average Bonchev–Trinajstić information content (AvgIpc) is 2.60. The number of carbonyl (C=O) groups excluding carboxylic acids is 1. The van der Waals surface area contributed by atoms with E-state index in [1.165, 1.54) is 0 Å². The predicted octanol–water partition coefficient (Wildman–Crippen LogP) is 1.34. The van der Waals surface area contributed by atoms with Crippen molar-refractivity contribution in [3.05, 3.63) is 65.1 Å². The number of nitrogens with zero attached hydrogens (tertiary/aromatic N) is 3. The lowest BCUT2D eigenvalue weighted by molar-refractivity contribution is 0.0953. The van der Waals surface area contributed by atoms with Crippen molar-refractivity contribution in [3.63, 3.8) is 0 Å². The van der Waals surface area contributed by atoms with Crippen LogP contribution >= 0.6 is 0 Å². The van der Waals surface area contributed by atoms with Gasteiger partial charge in [-0.25, -0.2) is 15.8 Å². The van der Waals surface area contributed by atoms with Crippen molar-refractivity contribution in [3.8, 4) is 11.8 Å². The number of pyridine rings is 1. The Hall–Kier alpha value is -3.30. The van der Waals surface area contributed by atoms with Crippen LogP contribution in [-0.4, -0.2) is 20.9 Å². The van der Waals surface area contributed by atoms with Gasteiger partial charge in [-0.2, -0.15) is 0 Å². The van der Waals surface area contributed by atoms with Crippen molar-refractivity contribution >= 4 is 17.1 Å². The van der Waals surface area contributed by atoms with Crippen molar-refractivity contribution in [2.24, 2.45) is 5.84 Å². The first-order chi connectivity index (χ1) is 11.2. The zero-order valence-corrected chi connectivity index (χ0v) is 12.4. The van der Waals surface area contributed by atoms with Gasteiger partial charge in [0.05, 0.1) is 0 Å². The Kier molecular flexibility index (Phi) is 3.95. The number of nitrogen functional groups attached to an aromatic ring is 1. The molecule has 0 bridgehead atoms. The first-order valence-corrected chi connectivity index (χ1v) is 6.88. The fourth-order valence-corrected chi connectivity index (χ4v) is 2.05. The van der Waals surface area contributed by atoms with Gasteiger partial charge in [0.2, 0.25) is 0 Å². The van der Waals surface area contributed by atoms with Crippen LogP contribution in [0.2, 0.25) is 0 Å². The van der Waals surface area contributed by atoms with Gasteiger partial charge in [-0.3, -0.25) is 15.2 Å². The smallest absolute Gasteiger partial charge is 0.265 e. The van der Waals surface area contributed by atoms with Crippen molar-refractivity contribution in [1.82, 2.24) is 20.4 Å². The van der Waals surface area contributed by atoms with Crippen LogP contribution in [-0.2, 0) is 0 Å². The largest absolute Gasteiger partial charge is 0.290 e. The fourth-order valence-electron chi connectivity index (χ4n) is 2.05. The SMILES string of the molecule is Cc1ccc(C(=O)NN)cc1C#Cc1cnc2nccnc2c1. The maximum absolute atomic E-state index is 11.6. The summed E-state index contributed by atoms with van der Waals surface area (Å²) in [5.74, 6) is 10.9. The Labute approximate surface area is 132 Å². The van der Waals surface area contributed by atoms with E-state index >= 15 is 0 Å². The van der Waals surface area contributed by atoms with E-state index in [2.05, 4.69) is 32.2 Å². The second kappa shape index (κ2) is 6.22. The summed E-state index contributed by atoms with van der Waals surface area (Å²) in [4.78, 5) is 24.1. The molecule has 0 spiro atoms. The minimum atomic E-state index is -0.351. The summed E-state index contributed by atoms with van der Waals surface area (Å²) in [7, 11) is 0. The first-order valence-electron chi connectivity index (χ1n) is 6.88. The van der Waals surface area contributed by atoms with Crippen LogP contribution in [0.15, 0.2) is 42.9 Å². The van der Waals surface area contributed by atoms with Crippen LogP contribution in [0.5, 0.6) is 0 Å². The number of amides is 1. The highest BCUT2D eigenvalue weighted by atomic mass is 16.2. The Morgan fingerprint density at radius 3 is 2.78 bits per heavy atom. The molecule has 2 heterocycles. The fraction of sp³-hybridized carbons (Fsp3) is 0.0588. The molecule has 1 amide bonds. The molecule has 23 heavy (non-hydrogen) atoms. The van der Waals surface area contributed by atoms with Gasteiger partial charge in [-0.15, -0.1) is 0 Å². The Morgan fingerprint density at radius 1 is 1.13 bits per heavy atom. The van der Waals surface area contributed by atoms with E-state index in [0.717, 1.165) is 16.7 Å². The van der Waals surface area contributed by atoms with E-state index in [1.54, 1.807) is 30.7 Å². The number of fused-ring (bicyclic) bond motifs is 1. The molecular weight excluding hydrogens is 290 g/mol. The highest BCUT2D eigenvalue weighted by Crippen LogP contribution is 2.11. The normalized spacial score (nSPS) is 10.0. The minimum absolute atomic E-state index is 0.351. The average molecular weight is 303 g/mol. The summed E-state index contributed by atoms with van der Waals surface area (Å²) in [5.41, 5.74) is 6.29. The summed E-state index contributed by atoms with van der Waals surface area (Å²) >= 11 is 0. The summed E-state index contributed by atoms with van der Waals surface area (Å²) in [6.45, 7) is 1.93. The third kappa shape index (κ3) is 3.15. The van der Waals surface area contributed by atoms with Crippen LogP contribution in [0.25, 0.3) is 11.2 Å². The first kappa shape index (κ1) is 14.6. The van der Waals surface area contributed by atoms with E-state index in [1.807, 2.05) is 19.1 Å². The molecule has 3 aromatic rings. The van der Waals surface area contributed by atoms with Gasteiger partial charge >= 0.3 is 0 Å². The van der Waals surface area contributed by atoms with Gasteiger partial charge in [0.25, 0.3) is 5.91 Å². The van der Waals surface area contributed by atoms with Gasteiger partial charge < -0.3 is 0 Å². The zero-order valence-electron chi connectivity index (χ0n) is 12.4. The molecular formula is C17H13N5O. The maximum Gasteiger partial charge on any atom is 0.265 e. The molecule has 6 nitrogen and oxygen atoms in total. The maximum atomic E-state index is 11.6. The number of hydrazine groups is 1. The summed E-state index contributed by atoms with van der Waals surface area (Å²) < 4.78 is 0. The topological polar surface area (TPSA) is 93.8 Å². The molecule has 112 valence electrons. The van der Waals surface area contributed by atoms with Crippen LogP contribution in [0, 0.1) is 18.8 Å². The molecule has 0 aliphatic carbocycles. The summed E-state index contributed by atoms with van der Waals surface area (Å²) in [6, 6.07) is 7.07. The molecule has 0 radical (unpaired) electrons. The van der Waals surface area contributed by atoms with Gasteiger partial charge in [0, 0.05) is 35.3 Å². The molecule has 0 aliphatic heterocycles. The van der Waals surface area contributed by atoms with Gasteiger partial charge in [-0.1, -0.05) is 17.9 Å². The number of aromatic nitrogens is 3. The lowest BCUT2D eigenvalue weighted by Gasteiger charge is -2.03. The Morgan fingerprint density at radius 2 is 1.96 bits per heavy atom. The van der Waals surface area contributed by atoms with Crippen molar-refractivity contribution in [2.75, 3.05) is 0 Å². The highest BCUT2D eigenvalue weighted by Gasteiger charge is 2.05. The molecule has 0 fully saturated rings. The molecule has 0 aliphatic rings. The van der Waals surface area contributed by atoms with E-state index in [-0.39, 0.29) is 5.91 Å². The van der Waals surface area contributed by atoms with Crippen LogP contribution in [0.4, 0.5) is 0 Å². The van der Waals surface area contributed by atoms with E-state index < -0.39 is 0 Å². The Bertz CT molecular complexity index is 956. The Balaban J connectivity index is 1.98. The number of carbonyl (C=O) groups is 1. The molecule has 0 saturated carbocycles. The summed E-state index contributed by atoms with van der Waals surface area (Å²) in [6.07, 6.45) is 4.86. The lowest BCUT2D eigenvalue weighted by atomic mass is 10.0. The van der Waals surface area contributed by atoms with Gasteiger partial charge in [0.1, 0.15) is 5.52 Å². The molecule has 1 aromatic carbocycles. The van der Waals surface area contributed by atoms with Crippen molar-refractivity contribution in [1.29, 1.82) is 0 Å². The zero-order chi connectivity index (χ0) is 16.2. The number of nitrogens with two attached hydrogens (primary N) is 1. The number of hydrogen-bond acceptors (Lipinski definition) is 5. The van der Waals surface area contributed by atoms with E-state index in [9.17, 15) is 4.79 Å². The molecule has 2 aromatic heterocycles. The van der Waals surface area contributed by atoms with Crippen LogP contribution < -0.4 is 11.3 Å². The molecule has 0 unspecified atom stereocenters. The molecule has 0 saturated heterocycles. The molecule has 0 atom stereocenters. The van der Waals surface area contributed by atoms with Crippen LogP contribution in [0.1, 0.15) is 27.0 Å². The summed E-state index contributed by atoms with van der Waals surface area (Å²) in [5, 5.41) is 0. The van der Waals surface area contributed by atoms with Gasteiger partial charge in [-0.05, 0) is 30.7 Å².